The van der Waals surface area contributed by atoms with E-state index < -0.39 is 0 Å². The van der Waals surface area contributed by atoms with Crippen molar-refractivity contribution >= 4 is 0 Å². The van der Waals surface area contributed by atoms with Crippen LogP contribution in [0.15, 0.2) is 0 Å². The SMILES string of the molecule is CC(CO)[C@H]1CC[C@@H]2[C@H](O)CCC[C@@]12C. The Bertz CT molecular complexity index is 229. The first-order chi connectivity index (χ1) is 7.09. The highest BCUT2D eigenvalue weighted by atomic mass is 16.3. The summed E-state index contributed by atoms with van der Waals surface area (Å²) in [6.45, 7) is 4.78. The molecule has 2 aliphatic carbocycles. The van der Waals surface area contributed by atoms with Crippen LogP contribution < -0.4 is 0 Å². The van der Waals surface area contributed by atoms with Crippen molar-refractivity contribution in [2.24, 2.45) is 23.2 Å². The summed E-state index contributed by atoms with van der Waals surface area (Å²) in [4.78, 5) is 0. The van der Waals surface area contributed by atoms with Crippen LogP contribution in [0.25, 0.3) is 0 Å². The maximum absolute atomic E-state index is 10.1. The second-order valence-electron chi connectivity index (χ2n) is 5.92. The van der Waals surface area contributed by atoms with E-state index in [0.717, 1.165) is 19.3 Å². The maximum Gasteiger partial charge on any atom is 0.0573 e. The van der Waals surface area contributed by atoms with Gasteiger partial charge in [0.2, 0.25) is 0 Å². The van der Waals surface area contributed by atoms with Crippen molar-refractivity contribution < 1.29 is 10.2 Å². The second kappa shape index (κ2) is 4.06. The van der Waals surface area contributed by atoms with E-state index in [2.05, 4.69) is 13.8 Å². The smallest absolute Gasteiger partial charge is 0.0573 e. The van der Waals surface area contributed by atoms with Gasteiger partial charge in [-0.25, -0.2) is 0 Å². The molecule has 0 saturated heterocycles. The molecule has 2 rings (SSSR count). The molecule has 15 heavy (non-hydrogen) atoms. The van der Waals surface area contributed by atoms with Crippen molar-refractivity contribution in [1.29, 1.82) is 0 Å². The van der Waals surface area contributed by atoms with E-state index in [1.165, 1.54) is 12.8 Å². The Labute approximate surface area is 92.7 Å². The van der Waals surface area contributed by atoms with Gasteiger partial charge in [0, 0.05) is 6.61 Å². The number of fused-ring (bicyclic) bond motifs is 1. The molecule has 5 atom stereocenters. The Kier molecular flexibility index (Phi) is 3.09. The van der Waals surface area contributed by atoms with Crippen LogP contribution in [0, 0.1) is 23.2 Å². The fraction of sp³-hybridized carbons (Fsp3) is 1.00. The van der Waals surface area contributed by atoms with Gasteiger partial charge in [-0.15, -0.1) is 0 Å². The number of aliphatic hydroxyl groups is 2. The third-order valence-corrected chi connectivity index (χ3v) is 5.14. The van der Waals surface area contributed by atoms with Crippen molar-refractivity contribution in [1.82, 2.24) is 0 Å². The Balaban J connectivity index is 2.17. The van der Waals surface area contributed by atoms with E-state index in [1.54, 1.807) is 0 Å². The van der Waals surface area contributed by atoms with Crippen molar-refractivity contribution in [2.45, 2.75) is 52.1 Å². The average Bonchev–Trinajstić information content (AvgIpc) is 2.56. The zero-order chi connectivity index (χ0) is 11.1. The number of hydrogen-bond acceptors (Lipinski definition) is 2. The van der Waals surface area contributed by atoms with E-state index in [0.29, 0.717) is 29.8 Å². The standard InChI is InChI=1S/C13H24O2/c1-9(8-14)10-5-6-11-12(15)4-3-7-13(10,11)2/h9-12,14-15H,3-8H2,1-2H3/t9?,10-,11-,12-,13+/m1/s1. The second-order valence-corrected chi connectivity index (χ2v) is 5.92. The summed E-state index contributed by atoms with van der Waals surface area (Å²) in [5, 5.41) is 19.4. The van der Waals surface area contributed by atoms with Crippen LogP contribution in [0.2, 0.25) is 0 Å². The molecule has 2 N–H and O–H groups in total. The first kappa shape index (κ1) is 11.4. The third-order valence-electron chi connectivity index (χ3n) is 5.14. The highest BCUT2D eigenvalue weighted by Gasteiger charge is 2.51. The number of hydrogen-bond donors (Lipinski definition) is 2. The van der Waals surface area contributed by atoms with Gasteiger partial charge in [0.15, 0.2) is 0 Å². The minimum absolute atomic E-state index is 0.0837. The third kappa shape index (κ3) is 1.72. The lowest BCUT2D eigenvalue weighted by Crippen LogP contribution is -2.41. The predicted octanol–water partition coefficient (Wildman–Crippen LogP) is 2.19. The summed E-state index contributed by atoms with van der Waals surface area (Å²) in [6, 6.07) is 0. The van der Waals surface area contributed by atoms with Crippen LogP contribution in [0.3, 0.4) is 0 Å². The Hall–Kier alpha value is -0.0800. The topological polar surface area (TPSA) is 40.5 Å². The maximum atomic E-state index is 10.1. The fourth-order valence-corrected chi connectivity index (χ4v) is 4.25. The summed E-state index contributed by atoms with van der Waals surface area (Å²) in [6.07, 6.45) is 5.65. The van der Waals surface area contributed by atoms with Gasteiger partial charge in [0.25, 0.3) is 0 Å². The molecule has 2 aliphatic rings. The molecule has 1 unspecified atom stereocenters. The van der Waals surface area contributed by atoms with E-state index in [1.807, 2.05) is 0 Å². The lowest BCUT2D eigenvalue weighted by atomic mass is 9.62. The van der Waals surface area contributed by atoms with Crippen LogP contribution in [0.1, 0.15) is 46.0 Å². The lowest BCUT2D eigenvalue weighted by molar-refractivity contribution is -0.0321. The molecule has 0 aromatic carbocycles. The van der Waals surface area contributed by atoms with Gasteiger partial charge in [0.1, 0.15) is 0 Å². The van der Waals surface area contributed by atoms with Crippen molar-refractivity contribution in [2.75, 3.05) is 6.61 Å². The van der Waals surface area contributed by atoms with Crippen LogP contribution >= 0.6 is 0 Å². The minimum Gasteiger partial charge on any atom is -0.396 e. The van der Waals surface area contributed by atoms with Gasteiger partial charge in [-0.05, 0) is 48.9 Å². The molecule has 2 nitrogen and oxygen atoms in total. The van der Waals surface area contributed by atoms with Gasteiger partial charge in [0.05, 0.1) is 6.10 Å². The monoisotopic (exact) mass is 212 g/mol. The molecule has 88 valence electrons. The van der Waals surface area contributed by atoms with Crippen LogP contribution in [-0.4, -0.2) is 22.9 Å². The van der Waals surface area contributed by atoms with Gasteiger partial charge in [-0.2, -0.15) is 0 Å². The van der Waals surface area contributed by atoms with Crippen molar-refractivity contribution in [3.05, 3.63) is 0 Å². The molecule has 0 heterocycles. The predicted molar refractivity (Wildman–Crippen MR) is 60.4 cm³/mol. The summed E-state index contributed by atoms with van der Waals surface area (Å²) < 4.78 is 0. The molecule has 2 fully saturated rings. The van der Waals surface area contributed by atoms with Crippen LogP contribution in [0.4, 0.5) is 0 Å². The van der Waals surface area contributed by atoms with Gasteiger partial charge in [-0.3, -0.25) is 0 Å². The zero-order valence-corrected chi connectivity index (χ0v) is 9.95. The minimum atomic E-state index is -0.0837. The zero-order valence-electron chi connectivity index (χ0n) is 9.95. The van der Waals surface area contributed by atoms with E-state index in [9.17, 15) is 10.2 Å². The fourth-order valence-electron chi connectivity index (χ4n) is 4.25. The number of rotatable bonds is 2. The summed E-state index contributed by atoms with van der Waals surface area (Å²) in [7, 11) is 0. The largest absolute Gasteiger partial charge is 0.396 e. The molecule has 0 aliphatic heterocycles. The van der Waals surface area contributed by atoms with E-state index in [4.69, 9.17) is 0 Å². The molecule has 0 amide bonds. The summed E-state index contributed by atoms with van der Waals surface area (Å²) in [5.74, 6) is 1.50. The molecular formula is C13H24O2. The Morgan fingerprint density at radius 3 is 2.73 bits per heavy atom. The molecular weight excluding hydrogens is 188 g/mol. The molecule has 2 saturated carbocycles. The van der Waals surface area contributed by atoms with Crippen LogP contribution in [-0.2, 0) is 0 Å². The Morgan fingerprint density at radius 2 is 2.07 bits per heavy atom. The molecule has 0 radical (unpaired) electrons. The molecule has 0 bridgehead atoms. The quantitative estimate of drug-likeness (QED) is 0.736. The van der Waals surface area contributed by atoms with Gasteiger partial charge >= 0.3 is 0 Å². The van der Waals surface area contributed by atoms with Crippen molar-refractivity contribution in [3.63, 3.8) is 0 Å². The van der Waals surface area contributed by atoms with Crippen LogP contribution in [0.5, 0.6) is 0 Å². The summed E-state index contributed by atoms with van der Waals surface area (Å²) in [5.41, 5.74) is 0.291. The normalized spacial score (nSPS) is 47.6. The first-order valence-corrected chi connectivity index (χ1v) is 6.38. The molecule has 0 aromatic rings. The van der Waals surface area contributed by atoms with Gasteiger partial charge < -0.3 is 10.2 Å². The van der Waals surface area contributed by atoms with Crippen molar-refractivity contribution in [3.8, 4) is 0 Å². The lowest BCUT2D eigenvalue weighted by Gasteiger charge is -2.45. The van der Waals surface area contributed by atoms with E-state index in [-0.39, 0.29) is 6.10 Å². The highest BCUT2D eigenvalue weighted by Crippen LogP contribution is 2.57. The van der Waals surface area contributed by atoms with E-state index >= 15 is 0 Å². The number of aliphatic hydroxyl groups excluding tert-OH is 2. The average molecular weight is 212 g/mol. The summed E-state index contributed by atoms with van der Waals surface area (Å²) >= 11 is 0. The molecule has 2 heteroatoms. The Morgan fingerprint density at radius 1 is 1.33 bits per heavy atom. The molecule has 0 spiro atoms. The first-order valence-electron chi connectivity index (χ1n) is 6.38. The highest BCUT2D eigenvalue weighted by molar-refractivity contribution is 5.01. The van der Waals surface area contributed by atoms with Gasteiger partial charge in [-0.1, -0.05) is 20.3 Å². The molecule has 0 aromatic heterocycles.